The number of hydrogen-bond donors (Lipinski definition) is 1. The summed E-state index contributed by atoms with van der Waals surface area (Å²) in [6.07, 6.45) is 5.83. The molecule has 17 heavy (non-hydrogen) atoms. The first-order chi connectivity index (χ1) is 8.22. The molecule has 2 N–H and O–H groups in total. The lowest BCUT2D eigenvalue weighted by atomic mass is 10.0. The number of rotatable bonds is 5. The van der Waals surface area contributed by atoms with Gasteiger partial charge >= 0.3 is 0 Å². The van der Waals surface area contributed by atoms with Crippen LogP contribution >= 0.6 is 0 Å². The van der Waals surface area contributed by atoms with E-state index in [2.05, 4.69) is 31.2 Å². The van der Waals surface area contributed by atoms with Crippen molar-refractivity contribution in [1.82, 2.24) is 0 Å². The van der Waals surface area contributed by atoms with E-state index in [1.165, 1.54) is 24.0 Å². The van der Waals surface area contributed by atoms with Crippen LogP contribution in [-0.4, -0.2) is 12.1 Å². The summed E-state index contributed by atoms with van der Waals surface area (Å²) in [5.74, 6) is 0. The van der Waals surface area contributed by atoms with Crippen LogP contribution in [0.25, 0.3) is 0 Å². The van der Waals surface area contributed by atoms with Crippen LogP contribution in [0.1, 0.15) is 43.7 Å². The number of aryl methyl sites for hydroxylation is 1. The van der Waals surface area contributed by atoms with Crippen LogP contribution in [0.2, 0.25) is 0 Å². The maximum Gasteiger partial charge on any atom is 0.0717 e. The van der Waals surface area contributed by atoms with Crippen molar-refractivity contribution in [3.63, 3.8) is 0 Å². The number of hydrogen-bond acceptors (Lipinski definition) is 2. The van der Waals surface area contributed by atoms with E-state index in [0.717, 1.165) is 19.3 Å². The zero-order valence-electron chi connectivity index (χ0n) is 10.7. The molecule has 0 atom stereocenters. The highest BCUT2D eigenvalue weighted by Gasteiger charge is 2.29. The van der Waals surface area contributed by atoms with Crippen molar-refractivity contribution in [3.8, 4) is 0 Å². The summed E-state index contributed by atoms with van der Waals surface area (Å²) in [7, 11) is 0. The van der Waals surface area contributed by atoms with Crippen molar-refractivity contribution in [2.75, 3.05) is 6.61 Å². The molecule has 1 aromatic rings. The van der Waals surface area contributed by atoms with Gasteiger partial charge in [0.05, 0.1) is 13.2 Å². The highest BCUT2D eigenvalue weighted by Crippen LogP contribution is 2.27. The van der Waals surface area contributed by atoms with Gasteiger partial charge < -0.3 is 10.5 Å². The van der Waals surface area contributed by atoms with Crippen LogP contribution in [0.4, 0.5) is 0 Å². The summed E-state index contributed by atoms with van der Waals surface area (Å²) in [5.41, 5.74) is 8.81. The van der Waals surface area contributed by atoms with Gasteiger partial charge in [0.2, 0.25) is 0 Å². The van der Waals surface area contributed by atoms with Crippen LogP contribution in [0.3, 0.4) is 0 Å². The Morgan fingerprint density at radius 3 is 2.29 bits per heavy atom. The number of benzene rings is 1. The van der Waals surface area contributed by atoms with Crippen LogP contribution in [0.15, 0.2) is 24.3 Å². The first-order valence-corrected chi connectivity index (χ1v) is 6.66. The van der Waals surface area contributed by atoms with E-state index < -0.39 is 0 Å². The Kier molecular flexibility index (Phi) is 4.19. The van der Waals surface area contributed by atoms with Crippen molar-refractivity contribution in [2.24, 2.45) is 5.73 Å². The molecule has 2 nitrogen and oxygen atoms in total. The molecule has 0 radical (unpaired) electrons. The van der Waals surface area contributed by atoms with Gasteiger partial charge in [-0.2, -0.15) is 0 Å². The molecular formula is C15H23NO. The van der Waals surface area contributed by atoms with Crippen molar-refractivity contribution < 1.29 is 4.74 Å². The Morgan fingerprint density at radius 2 is 1.71 bits per heavy atom. The lowest BCUT2D eigenvalue weighted by Crippen LogP contribution is -2.41. The van der Waals surface area contributed by atoms with Gasteiger partial charge in [0.25, 0.3) is 0 Å². The van der Waals surface area contributed by atoms with E-state index in [9.17, 15) is 0 Å². The second-order valence-corrected chi connectivity index (χ2v) is 5.23. The first-order valence-electron chi connectivity index (χ1n) is 6.66. The van der Waals surface area contributed by atoms with E-state index in [0.29, 0.717) is 13.2 Å². The van der Waals surface area contributed by atoms with Gasteiger partial charge in [0.1, 0.15) is 0 Å². The van der Waals surface area contributed by atoms with E-state index >= 15 is 0 Å². The molecule has 0 aliphatic heterocycles. The molecule has 1 aliphatic carbocycles. The molecule has 1 aromatic carbocycles. The Morgan fingerprint density at radius 1 is 1.12 bits per heavy atom. The van der Waals surface area contributed by atoms with Crippen molar-refractivity contribution >= 4 is 0 Å². The third-order valence-corrected chi connectivity index (χ3v) is 3.69. The largest absolute Gasteiger partial charge is 0.375 e. The van der Waals surface area contributed by atoms with E-state index in [-0.39, 0.29) is 5.54 Å². The number of ether oxygens (including phenoxy) is 1. The summed E-state index contributed by atoms with van der Waals surface area (Å²) in [6, 6.07) is 8.65. The van der Waals surface area contributed by atoms with Gasteiger partial charge in [0, 0.05) is 5.54 Å². The molecule has 2 rings (SSSR count). The fourth-order valence-corrected chi connectivity index (χ4v) is 2.47. The molecular weight excluding hydrogens is 210 g/mol. The fraction of sp³-hybridized carbons (Fsp3) is 0.600. The maximum absolute atomic E-state index is 6.24. The molecule has 0 bridgehead atoms. The van der Waals surface area contributed by atoms with Gasteiger partial charge in [-0.15, -0.1) is 0 Å². The molecule has 0 spiro atoms. The second-order valence-electron chi connectivity index (χ2n) is 5.23. The fourth-order valence-electron chi connectivity index (χ4n) is 2.47. The lowest BCUT2D eigenvalue weighted by molar-refractivity contribution is 0.0751. The van der Waals surface area contributed by atoms with Gasteiger partial charge in [-0.05, 0) is 30.4 Å². The predicted octanol–water partition coefficient (Wildman–Crippen LogP) is 3.04. The minimum Gasteiger partial charge on any atom is -0.375 e. The summed E-state index contributed by atoms with van der Waals surface area (Å²) in [5, 5.41) is 0. The molecule has 2 heteroatoms. The topological polar surface area (TPSA) is 35.2 Å². The summed E-state index contributed by atoms with van der Waals surface area (Å²) in [4.78, 5) is 0. The normalized spacial score (nSPS) is 18.5. The predicted molar refractivity (Wildman–Crippen MR) is 70.9 cm³/mol. The molecule has 0 heterocycles. The van der Waals surface area contributed by atoms with Gasteiger partial charge in [-0.3, -0.25) is 0 Å². The molecule has 1 aliphatic rings. The molecule has 0 unspecified atom stereocenters. The van der Waals surface area contributed by atoms with E-state index in [1.807, 2.05) is 0 Å². The molecule has 94 valence electrons. The third-order valence-electron chi connectivity index (χ3n) is 3.69. The van der Waals surface area contributed by atoms with Crippen molar-refractivity contribution in [3.05, 3.63) is 35.4 Å². The summed E-state index contributed by atoms with van der Waals surface area (Å²) >= 11 is 0. The minimum absolute atomic E-state index is 0.0522. The van der Waals surface area contributed by atoms with Crippen molar-refractivity contribution in [1.29, 1.82) is 0 Å². The van der Waals surface area contributed by atoms with E-state index in [4.69, 9.17) is 10.5 Å². The van der Waals surface area contributed by atoms with Gasteiger partial charge in [-0.25, -0.2) is 0 Å². The Bertz CT molecular complexity index is 338. The first kappa shape index (κ1) is 12.6. The Labute approximate surface area is 104 Å². The molecule has 0 aromatic heterocycles. The van der Waals surface area contributed by atoms with Gasteiger partial charge in [0.15, 0.2) is 0 Å². The van der Waals surface area contributed by atoms with E-state index in [1.54, 1.807) is 0 Å². The zero-order chi connectivity index (χ0) is 12.1. The molecule has 0 saturated heterocycles. The average molecular weight is 233 g/mol. The average Bonchev–Trinajstić information content (AvgIpc) is 2.77. The van der Waals surface area contributed by atoms with Crippen LogP contribution in [0, 0.1) is 0 Å². The van der Waals surface area contributed by atoms with Crippen LogP contribution < -0.4 is 5.73 Å². The van der Waals surface area contributed by atoms with Crippen LogP contribution in [0.5, 0.6) is 0 Å². The van der Waals surface area contributed by atoms with Gasteiger partial charge in [-0.1, -0.05) is 44.0 Å². The zero-order valence-corrected chi connectivity index (χ0v) is 10.7. The Hall–Kier alpha value is -0.860. The lowest BCUT2D eigenvalue weighted by Gasteiger charge is -2.23. The quantitative estimate of drug-likeness (QED) is 0.848. The highest BCUT2D eigenvalue weighted by atomic mass is 16.5. The maximum atomic E-state index is 6.24. The third kappa shape index (κ3) is 3.55. The second kappa shape index (κ2) is 5.65. The molecule has 1 fully saturated rings. The number of nitrogens with two attached hydrogens (primary N) is 1. The summed E-state index contributed by atoms with van der Waals surface area (Å²) in [6.45, 7) is 3.55. The monoisotopic (exact) mass is 233 g/mol. The highest BCUT2D eigenvalue weighted by molar-refractivity contribution is 5.21. The summed E-state index contributed by atoms with van der Waals surface area (Å²) < 4.78 is 5.76. The van der Waals surface area contributed by atoms with Crippen LogP contribution in [-0.2, 0) is 17.8 Å². The molecule has 0 amide bonds. The SMILES string of the molecule is CCc1ccc(COCC2(N)CCCC2)cc1. The van der Waals surface area contributed by atoms with Crippen molar-refractivity contribution in [2.45, 2.75) is 51.2 Å². The molecule has 1 saturated carbocycles. The standard InChI is InChI=1S/C15H23NO/c1-2-13-5-7-14(8-6-13)11-17-12-15(16)9-3-4-10-15/h5-8H,2-4,9-12,16H2,1H3. The minimum atomic E-state index is -0.0522. The Balaban J connectivity index is 1.77. The smallest absolute Gasteiger partial charge is 0.0717 e.